The summed E-state index contributed by atoms with van der Waals surface area (Å²) in [6.45, 7) is 8.90. The minimum atomic E-state index is -0.0524. The van der Waals surface area contributed by atoms with Crippen LogP contribution in [-0.4, -0.2) is 34.2 Å². The van der Waals surface area contributed by atoms with Gasteiger partial charge in [-0.3, -0.25) is 4.90 Å². The second kappa shape index (κ2) is 4.14. The Morgan fingerprint density at radius 2 is 2.25 bits per heavy atom. The van der Waals surface area contributed by atoms with Gasteiger partial charge in [0.15, 0.2) is 5.82 Å². The third-order valence-corrected chi connectivity index (χ3v) is 2.81. The van der Waals surface area contributed by atoms with E-state index in [2.05, 4.69) is 35.8 Å². The molecule has 1 aliphatic rings. The summed E-state index contributed by atoms with van der Waals surface area (Å²) in [5.41, 5.74) is 5.79. The average Bonchev–Trinajstić information content (AvgIpc) is 2.74. The maximum absolute atomic E-state index is 5.84. The molecule has 1 fully saturated rings. The van der Waals surface area contributed by atoms with Crippen LogP contribution in [0.15, 0.2) is 4.52 Å². The third kappa shape index (κ3) is 2.59. The van der Waals surface area contributed by atoms with Gasteiger partial charge in [0, 0.05) is 24.5 Å². The van der Waals surface area contributed by atoms with Crippen molar-refractivity contribution in [2.75, 3.05) is 13.1 Å². The Bertz CT molecular complexity index is 355. The predicted octanol–water partition coefficient (Wildman–Crippen LogP) is 0.900. The molecule has 0 bridgehead atoms. The summed E-state index contributed by atoms with van der Waals surface area (Å²) in [7, 11) is 0. The lowest BCUT2D eigenvalue weighted by Crippen LogP contribution is -2.26. The van der Waals surface area contributed by atoms with Crippen LogP contribution >= 0.6 is 0 Å². The first-order valence-electron chi connectivity index (χ1n) is 5.76. The molecule has 0 aliphatic carbocycles. The molecule has 5 heteroatoms. The number of rotatable bonds is 2. The zero-order valence-corrected chi connectivity index (χ0v) is 10.2. The number of hydrogen-bond donors (Lipinski definition) is 1. The van der Waals surface area contributed by atoms with Gasteiger partial charge in [0.05, 0.1) is 6.54 Å². The van der Waals surface area contributed by atoms with Crippen LogP contribution < -0.4 is 5.73 Å². The highest BCUT2D eigenvalue weighted by atomic mass is 16.5. The highest BCUT2D eigenvalue weighted by Gasteiger charge is 2.24. The summed E-state index contributed by atoms with van der Waals surface area (Å²) >= 11 is 0. The Hall–Kier alpha value is -0.940. The Kier molecular flexibility index (Phi) is 2.99. The topological polar surface area (TPSA) is 68.2 Å². The van der Waals surface area contributed by atoms with Gasteiger partial charge < -0.3 is 10.3 Å². The molecule has 1 saturated heterocycles. The molecule has 2 heterocycles. The molecule has 2 N–H and O–H groups in total. The molecule has 1 aromatic rings. The van der Waals surface area contributed by atoms with Gasteiger partial charge in [0.2, 0.25) is 5.89 Å². The number of nitrogens with two attached hydrogens (primary N) is 1. The van der Waals surface area contributed by atoms with Gasteiger partial charge in [-0.05, 0) is 6.42 Å². The van der Waals surface area contributed by atoms with Crippen LogP contribution in [0.25, 0.3) is 0 Å². The lowest BCUT2D eigenvalue weighted by Gasteiger charge is -2.12. The van der Waals surface area contributed by atoms with Crippen LogP contribution in [0.5, 0.6) is 0 Å². The van der Waals surface area contributed by atoms with Crippen molar-refractivity contribution >= 4 is 0 Å². The van der Waals surface area contributed by atoms with E-state index in [4.69, 9.17) is 10.3 Å². The normalized spacial score (nSPS) is 22.9. The zero-order valence-electron chi connectivity index (χ0n) is 10.2. The number of aromatic nitrogens is 2. The molecule has 0 saturated carbocycles. The molecule has 1 atom stereocenters. The Morgan fingerprint density at radius 3 is 2.75 bits per heavy atom. The molecule has 2 rings (SSSR count). The van der Waals surface area contributed by atoms with Gasteiger partial charge in [0.25, 0.3) is 0 Å². The Labute approximate surface area is 96.0 Å². The predicted molar refractivity (Wildman–Crippen MR) is 60.9 cm³/mol. The van der Waals surface area contributed by atoms with Gasteiger partial charge in [-0.25, -0.2) is 0 Å². The molecule has 1 aliphatic heterocycles. The highest BCUT2D eigenvalue weighted by molar-refractivity contribution is 5.00. The van der Waals surface area contributed by atoms with E-state index in [1.165, 1.54) is 0 Å². The Balaban J connectivity index is 1.98. The molecule has 16 heavy (non-hydrogen) atoms. The van der Waals surface area contributed by atoms with Crippen molar-refractivity contribution in [1.29, 1.82) is 0 Å². The van der Waals surface area contributed by atoms with Crippen molar-refractivity contribution in [1.82, 2.24) is 15.0 Å². The zero-order chi connectivity index (χ0) is 11.8. The molecular weight excluding hydrogens is 204 g/mol. The van der Waals surface area contributed by atoms with Gasteiger partial charge in [-0.2, -0.15) is 4.98 Å². The van der Waals surface area contributed by atoms with E-state index in [-0.39, 0.29) is 5.41 Å². The van der Waals surface area contributed by atoms with Crippen LogP contribution in [0.3, 0.4) is 0 Å². The minimum Gasteiger partial charge on any atom is -0.338 e. The molecule has 0 radical (unpaired) electrons. The smallest absolute Gasteiger partial charge is 0.240 e. The molecule has 0 aromatic carbocycles. The van der Waals surface area contributed by atoms with Crippen molar-refractivity contribution in [2.24, 2.45) is 5.73 Å². The largest absolute Gasteiger partial charge is 0.338 e. The van der Waals surface area contributed by atoms with Crippen LogP contribution in [-0.2, 0) is 12.0 Å². The van der Waals surface area contributed by atoms with Crippen molar-refractivity contribution in [3.63, 3.8) is 0 Å². The van der Waals surface area contributed by atoms with Crippen LogP contribution in [0.1, 0.15) is 38.9 Å². The summed E-state index contributed by atoms with van der Waals surface area (Å²) in [6, 6.07) is 0.296. The molecule has 5 nitrogen and oxygen atoms in total. The minimum absolute atomic E-state index is 0.0524. The summed E-state index contributed by atoms with van der Waals surface area (Å²) in [5, 5.41) is 4.00. The van der Waals surface area contributed by atoms with Crippen LogP contribution in [0, 0.1) is 0 Å². The monoisotopic (exact) mass is 224 g/mol. The number of nitrogens with zero attached hydrogens (tertiary/aromatic N) is 3. The summed E-state index contributed by atoms with van der Waals surface area (Å²) in [4.78, 5) is 6.66. The first-order chi connectivity index (χ1) is 7.45. The van der Waals surface area contributed by atoms with E-state index in [1.807, 2.05) is 0 Å². The fourth-order valence-corrected chi connectivity index (χ4v) is 1.82. The number of likely N-dealkylation sites (tertiary alicyclic amines) is 1. The lowest BCUT2D eigenvalue weighted by atomic mass is 9.96. The molecule has 1 aromatic heterocycles. The Morgan fingerprint density at radius 1 is 1.50 bits per heavy atom. The molecule has 0 amide bonds. The quantitative estimate of drug-likeness (QED) is 0.808. The second-order valence-electron chi connectivity index (χ2n) is 5.55. The summed E-state index contributed by atoms with van der Waals surface area (Å²) in [5.74, 6) is 1.46. The first kappa shape index (κ1) is 11.5. The molecule has 1 unspecified atom stereocenters. The standard InChI is InChI=1S/C11H20N4O/c1-11(2,3)10-13-9(16-14-10)7-15-5-4-8(12)6-15/h8H,4-7,12H2,1-3H3. The van der Waals surface area contributed by atoms with E-state index in [9.17, 15) is 0 Å². The molecule has 0 spiro atoms. The van der Waals surface area contributed by atoms with E-state index in [1.54, 1.807) is 0 Å². The van der Waals surface area contributed by atoms with E-state index >= 15 is 0 Å². The SMILES string of the molecule is CC(C)(C)c1noc(CN2CCC(N)C2)n1. The van der Waals surface area contributed by atoms with Gasteiger partial charge >= 0.3 is 0 Å². The number of hydrogen-bond acceptors (Lipinski definition) is 5. The van der Waals surface area contributed by atoms with E-state index in [0.29, 0.717) is 11.9 Å². The van der Waals surface area contributed by atoms with Gasteiger partial charge in [0.1, 0.15) is 0 Å². The molecular formula is C11H20N4O. The van der Waals surface area contributed by atoms with Crippen molar-refractivity contribution in [2.45, 2.75) is 45.2 Å². The second-order valence-corrected chi connectivity index (χ2v) is 5.55. The highest BCUT2D eigenvalue weighted by Crippen LogP contribution is 2.19. The fraction of sp³-hybridized carbons (Fsp3) is 0.818. The molecule has 90 valence electrons. The van der Waals surface area contributed by atoms with E-state index in [0.717, 1.165) is 31.9 Å². The van der Waals surface area contributed by atoms with E-state index < -0.39 is 0 Å². The first-order valence-corrected chi connectivity index (χ1v) is 5.76. The fourth-order valence-electron chi connectivity index (χ4n) is 1.82. The van der Waals surface area contributed by atoms with Gasteiger partial charge in [-0.1, -0.05) is 25.9 Å². The average molecular weight is 224 g/mol. The van der Waals surface area contributed by atoms with Crippen LogP contribution in [0.4, 0.5) is 0 Å². The lowest BCUT2D eigenvalue weighted by molar-refractivity contribution is 0.264. The maximum atomic E-state index is 5.84. The summed E-state index contributed by atoms with van der Waals surface area (Å²) in [6.07, 6.45) is 1.06. The van der Waals surface area contributed by atoms with Crippen molar-refractivity contribution in [3.8, 4) is 0 Å². The van der Waals surface area contributed by atoms with Crippen LogP contribution in [0.2, 0.25) is 0 Å². The van der Waals surface area contributed by atoms with Crippen molar-refractivity contribution in [3.05, 3.63) is 11.7 Å². The van der Waals surface area contributed by atoms with Crippen molar-refractivity contribution < 1.29 is 4.52 Å². The maximum Gasteiger partial charge on any atom is 0.240 e. The third-order valence-electron chi connectivity index (χ3n) is 2.81. The summed E-state index contributed by atoms with van der Waals surface area (Å²) < 4.78 is 5.24. The van der Waals surface area contributed by atoms with Gasteiger partial charge in [-0.15, -0.1) is 0 Å².